The number of carboxylic acid groups (broad SMARTS) is 1. The monoisotopic (exact) mass is 193 g/mol. The van der Waals surface area contributed by atoms with E-state index < -0.39 is 30.9 Å². The van der Waals surface area contributed by atoms with Crippen LogP contribution in [0.2, 0.25) is 0 Å². The van der Waals surface area contributed by atoms with Crippen LogP contribution in [-0.2, 0) is 9.59 Å². The molecule has 0 bridgehead atoms. The van der Waals surface area contributed by atoms with Crippen LogP contribution in [0.5, 0.6) is 0 Å². The Hall–Kier alpha value is -1.20. The van der Waals surface area contributed by atoms with E-state index in [4.69, 9.17) is 5.11 Å². The van der Waals surface area contributed by atoms with Gasteiger partial charge in [-0.25, -0.2) is 8.78 Å². The van der Waals surface area contributed by atoms with Gasteiger partial charge < -0.3 is 10.0 Å². The number of carbonyl (C=O) groups excluding carboxylic acids is 1. The van der Waals surface area contributed by atoms with Gasteiger partial charge in [-0.05, 0) is 0 Å². The topological polar surface area (TPSA) is 57.6 Å². The maximum absolute atomic E-state index is 12.2. The van der Waals surface area contributed by atoms with Crippen LogP contribution in [0.15, 0.2) is 0 Å². The first-order valence-electron chi connectivity index (χ1n) is 3.78. The lowest BCUT2D eigenvalue weighted by atomic mass is 10.1. The van der Waals surface area contributed by atoms with Gasteiger partial charge >= 0.3 is 5.97 Å². The largest absolute Gasteiger partial charge is 0.481 e. The highest BCUT2D eigenvalue weighted by molar-refractivity contribution is 5.81. The Bertz CT molecular complexity index is 234. The van der Waals surface area contributed by atoms with Crippen LogP contribution in [0, 0.1) is 0 Å². The van der Waals surface area contributed by atoms with Crippen molar-refractivity contribution in [3.63, 3.8) is 0 Å². The number of likely N-dealkylation sites (tertiary alicyclic amines) is 1. The third-order valence-corrected chi connectivity index (χ3v) is 1.75. The molecule has 0 aliphatic carbocycles. The second-order valence-corrected chi connectivity index (χ2v) is 3.00. The molecule has 0 radical (unpaired) electrons. The molecule has 0 saturated carbocycles. The molecular formula is C7H9F2NO3. The van der Waals surface area contributed by atoms with Crippen molar-refractivity contribution in [1.82, 2.24) is 4.90 Å². The molecule has 0 unspecified atom stereocenters. The molecule has 1 fully saturated rings. The molecule has 0 aromatic heterocycles. The van der Waals surface area contributed by atoms with Gasteiger partial charge in [0.25, 0.3) is 5.92 Å². The summed E-state index contributed by atoms with van der Waals surface area (Å²) in [6.45, 7) is -1.16. The number of nitrogens with zero attached hydrogens (tertiary/aromatic N) is 1. The van der Waals surface area contributed by atoms with E-state index in [2.05, 4.69) is 0 Å². The number of rotatable bonds is 3. The number of halogens is 2. The Balaban J connectivity index is 2.23. The number of amides is 1. The standard InChI is InChI=1S/C7H9F2NO3/c8-7(9)3-10(4-7)5(11)1-2-6(12)13/h1-4H2,(H,12,13). The smallest absolute Gasteiger partial charge is 0.303 e. The fourth-order valence-electron chi connectivity index (χ4n) is 1.06. The highest BCUT2D eigenvalue weighted by Crippen LogP contribution is 2.27. The Morgan fingerprint density at radius 3 is 2.23 bits per heavy atom. The van der Waals surface area contributed by atoms with E-state index in [0.717, 1.165) is 4.90 Å². The van der Waals surface area contributed by atoms with Gasteiger partial charge in [0.15, 0.2) is 0 Å². The van der Waals surface area contributed by atoms with Gasteiger partial charge in [0.05, 0.1) is 19.5 Å². The van der Waals surface area contributed by atoms with E-state index >= 15 is 0 Å². The van der Waals surface area contributed by atoms with E-state index in [1.54, 1.807) is 0 Å². The molecule has 1 heterocycles. The zero-order valence-corrected chi connectivity index (χ0v) is 6.80. The summed E-state index contributed by atoms with van der Waals surface area (Å²) in [6, 6.07) is 0. The van der Waals surface area contributed by atoms with Gasteiger partial charge in [-0.3, -0.25) is 9.59 Å². The molecule has 1 N–H and O–H groups in total. The number of aliphatic carboxylic acids is 1. The summed E-state index contributed by atoms with van der Waals surface area (Å²) in [6.07, 6.45) is -0.508. The molecule has 1 rings (SSSR count). The van der Waals surface area contributed by atoms with Crippen molar-refractivity contribution in [3.8, 4) is 0 Å². The summed E-state index contributed by atoms with van der Waals surface area (Å²) >= 11 is 0. The predicted molar refractivity (Wildman–Crippen MR) is 38.4 cm³/mol. The average Bonchev–Trinajstić information content (AvgIpc) is 1.95. The third kappa shape index (κ3) is 2.64. The summed E-state index contributed by atoms with van der Waals surface area (Å²) in [7, 11) is 0. The number of carboxylic acids is 1. The van der Waals surface area contributed by atoms with Gasteiger partial charge in [0.1, 0.15) is 0 Å². The molecule has 1 aliphatic rings. The van der Waals surface area contributed by atoms with Crippen LogP contribution in [0.3, 0.4) is 0 Å². The van der Waals surface area contributed by atoms with Crippen LogP contribution in [-0.4, -0.2) is 40.9 Å². The molecule has 74 valence electrons. The van der Waals surface area contributed by atoms with Crippen LogP contribution in [0.4, 0.5) is 8.78 Å². The number of hydrogen-bond donors (Lipinski definition) is 1. The van der Waals surface area contributed by atoms with Gasteiger partial charge in [-0.1, -0.05) is 0 Å². The van der Waals surface area contributed by atoms with Crippen molar-refractivity contribution >= 4 is 11.9 Å². The minimum absolute atomic E-state index is 0.203. The van der Waals surface area contributed by atoms with Crippen molar-refractivity contribution in [3.05, 3.63) is 0 Å². The van der Waals surface area contributed by atoms with Crippen molar-refractivity contribution in [2.75, 3.05) is 13.1 Å². The van der Waals surface area contributed by atoms with Gasteiger partial charge in [0, 0.05) is 6.42 Å². The highest BCUT2D eigenvalue weighted by atomic mass is 19.3. The fraction of sp³-hybridized carbons (Fsp3) is 0.714. The molecule has 6 heteroatoms. The molecule has 0 atom stereocenters. The normalized spacial score (nSPS) is 19.4. The van der Waals surface area contributed by atoms with Crippen LogP contribution >= 0.6 is 0 Å². The van der Waals surface area contributed by atoms with Gasteiger partial charge in [-0.2, -0.15) is 0 Å². The zero-order chi connectivity index (χ0) is 10.1. The van der Waals surface area contributed by atoms with Gasteiger partial charge in [-0.15, -0.1) is 0 Å². The fourth-order valence-corrected chi connectivity index (χ4v) is 1.06. The summed E-state index contributed by atoms with van der Waals surface area (Å²) in [5.41, 5.74) is 0. The first-order chi connectivity index (χ1) is 5.91. The van der Waals surface area contributed by atoms with Crippen LogP contribution < -0.4 is 0 Å². The van der Waals surface area contributed by atoms with Crippen molar-refractivity contribution in [2.24, 2.45) is 0 Å². The molecule has 0 spiro atoms. The highest BCUT2D eigenvalue weighted by Gasteiger charge is 2.45. The minimum atomic E-state index is -2.78. The Kier molecular flexibility index (Phi) is 2.49. The lowest BCUT2D eigenvalue weighted by Crippen LogP contribution is -2.58. The maximum Gasteiger partial charge on any atom is 0.303 e. The molecule has 0 aromatic carbocycles. The summed E-state index contributed by atoms with van der Waals surface area (Å²) < 4.78 is 24.5. The van der Waals surface area contributed by atoms with Crippen molar-refractivity contribution in [2.45, 2.75) is 18.8 Å². The number of hydrogen-bond acceptors (Lipinski definition) is 2. The molecule has 0 aromatic rings. The Morgan fingerprint density at radius 1 is 1.31 bits per heavy atom. The molecule has 1 amide bonds. The Morgan fingerprint density at radius 2 is 1.85 bits per heavy atom. The van der Waals surface area contributed by atoms with E-state index in [1.807, 2.05) is 0 Å². The first-order valence-corrected chi connectivity index (χ1v) is 3.78. The third-order valence-electron chi connectivity index (χ3n) is 1.75. The van der Waals surface area contributed by atoms with E-state index in [0.29, 0.717) is 0 Å². The van der Waals surface area contributed by atoms with Crippen molar-refractivity contribution < 1.29 is 23.5 Å². The van der Waals surface area contributed by atoms with Crippen LogP contribution in [0.1, 0.15) is 12.8 Å². The van der Waals surface area contributed by atoms with E-state index in [-0.39, 0.29) is 12.8 Å². The second-order valence-electron chi connectivity index (χ2n) is 3.00. The van der Waals surface area contributed by atoms with Crippen LogP contribution in [0.25, 0.3) is 0 Å². The first kappa shape index (κ1) is 9.88. The number of alkyl halides is 2. The average molecular weight is 193 g/mol. The lowest BCUT2D eigenvalue weighted by molar-refractivity contribution is -0.166. The minimum Gasteiger partial charge on any atom is -0.481 e. The second kappa shape index (κ2) is 3.27. The van der Waals surface area contributed by atoms with E-state index in [9.17, 15) is 18.4 Å². The molecule has 1 aliphatic heterocycles. The van der Waals surface area contributed by atoms with E-state index in [1.165, 1.54) is 0 Å². The lowest BCUT2D eigenvalue weighted by Gasteiger charge is -2.38. The Labute approximate surface area is 73.1 Å². The predicted octanol–water partition coefficient (Wildman–Crippen LogP) is 0.329. The summed E-state index contributed by atoms with van der Waals surface area (Å²) in [5, 5.41) is 8.22. The molecule has 1 saturated heterocycles. The molecule has 4 nitrogen and oxygen atoms in total. The van der Waals surface area contributed by atoms with Gasteiger partial charge in [0.2, 0.25) is 5.91 Å². The summed E-state index contributed by atoms with van der Waals surface area (Å²) in [5.74, 6) is -4.40. The maximum atomic E-state index is 12.2. The quantitative estimate of drug-likeness (QED) is 0.702. The molecular weight excluding hydrogens is 184 g/mol. The molecule has 13 heavy (non-hydrogen) atoms. The summed E-state index contributed by atoms with van der Waals surface area (Å²) in [4.78, 5) is 21.9. The SMILES string of the molecule is O=C(O)CCC(=O)N1CC(F)(F)C1. The zero-order valence-electron chi connectivity index (χ0n) is 6.80. The van der Waals surface area contributed by atoms with Crippen molar-refractivity contribution in [1.29, 1.82) is 0 Å². The number of carbonyl (C=O) groups is 2.